The standard InChI is InChI=1S/C14H17N3/c1-10(2)8-9-15-14-11(3)16-12-6-4-5-7-13(12)17-14/h4-8H,9H2,1-3H3,(H,15,17). The predicted molar refractivity (Wildman–Crippen MR) is 72.2 cm³/mol. The molecule has 0 unspecified atom stereocenters. The van der Waals surface area contributed by atoms with Gasteiger partial charge in [0.25, 0.3) is 0 Å². The van der Waals surface area contributed by atoms with E-state index in [0.717, 1.165) is 29.1 Å². The van der Waals surface area contributed by atoms with Crippen molar-refractivity contribution in [3.05, 3.63) is 41.6 Å². The fraction of sp³-hybridized carbons (Fsp3) is 0.286. The van der Waals surface area contributed by atoms with Gasteiger partial charge in [-0.15, -0.1) is 0 Å². The van der Waals surface area contributed by atoms with Crippen LogP contribution in [0.4, 0.5) is 5.82 Å². The number of fused-ring (bicyclic) bond motifs is 1. The number of aryl methyl sites for hydroxylation is 1. The van der Waals surface area contributed by atoms with Crippen LogP contribution in [0.1, 0.15) is 19.5 Å². The molecule has 0 aliphatic heterocycles. The van der Waals surface area contributed by atoms with E-state index in [1.54, 1.807) is 0 Å². The highest BCUT2D eigenvalue weighted by atomic mass is 15.0. The van der Waals surface area contributed by atoms with Crippen LogP contribution in [0.5, 0.6) is 0 Å². The third-order valence-corrected chi connectivity index (χ3v) is 2.52. The van der Waals surface area contributed by atoms with Crippen molar-refractivity contribution in [3.63, 3.8) is 0 Å². The maximum atomic E-state index is 4.57. The molecule has 17 heavy (non-hydrogen) atoms. The Labute approximate surface area is 102 Å². The second kappa shape index (κ2) is 4.95. The molecule has 0 saturated carbocycles. The van der Waals surface area contributed by atoms with Crippen LogP contribution in [0.3, 0.4) is 0 Å². The Bertz CT molecular complexity index is 554. The lowest BCUT2D eigenvalue weighted by atomic mass is 10.3. The van der Waals surface area contributed by atoms with E-state index in [2.05, 4.69) is 35.2 Å². The summed E-state index contributed by atoms with van der Waals surface area (Å²) in [6.45, 7) is 6.93. The molecule has 0 aliphatic rings. The lowest BCUT2D eigenvalue weighted by Crippen LogP contribution is -2.04. The number of rotatable bonds is 3. The van der Waals surface area contributed by atoms with Crippen LogP contribution in [-0.4, -0.2) is 16.5 Å². The molecule has 0 spiro atoms. The summed E-state index contributed by atoms with van der Waals surface area (Å²) in [7, 11) is 0. The first-order valence-electron chi connectivity index (χ1n) is 5.77. The molecular weight excluding hydrogens is 210 g/mol. The number of hydrogen-bond donors (Lipinski definition) is 1. The van der Waals surface area contributed by atoms with E-state index in [0.29, 0.717) is 0 Å². The van der Waals surface area contributed by atoms with Crippen molar-refractivity contribution in [1.29, 1.82) is 0 Å². The fourth-order valence-corrected chi connectivity index (χ4v) is 1.61. The molecule has 0 amide bonds. The molecule has 0 atom stereocenters. The van der Waals surface area contributed by atoms with Gasteiger partial charge in [0.15, 0.2) is 0 Å². The van der Waals surface area contributed by atoms with Crippen LogP contribution in [0, 0.1) is 6.92 Å². The second-order valence-corrected chi connectivity index (χ2v) is 4.31. The van der Waals surface area contributed by atoms with Gasteiger partial charge in [-0.25, -0.2) is 9.97 Å². The van der Waals surface area contributed by atoms with E-state index in [9.17, 15) is 0 Å². The minimum Gasteiger partial charge on any atom is -0.365 e. The Balaban J connectivity index is 2.28. The molecule has 88 valence electrons. The molecule has 0 aliphatic carbocycles. The van der Waals surface area contributed by atoms with E-state index < -0.39 is 0 Å². The molecule has 3 heteroatoms. The van der Waals surface area contributed by atoms with Crippen molar-refractivity contribution >= 4 is 16.9 Å². The highest BCUT2D eigenvalue weighted by Gasteiger charge is 2.02. The summed E-state index contributed by atoms with van der Waals surface area (Å²) >= 11 is 0. The number of nitrogens with zero attached hydrogens (tertiary/aromatic N) is 2. The lowest BCUT2D eigenvalue weighted by Gasteiger charge is -2.07. The number of hydrogen-bond acceptors (Lipinski definition) is 3. The lowest BCUT2D eigenvalue weighted by molar-refractivity contribution is 1.14. The Kier molecular flexibility index (Phi) is 3.38. The van der Waals surface area contributed by atoms with Gasteiger partial charge in [0.05, 0.1) is 16.7 Å². The normalized spacial score (nSPS) is 10.3. The SMILES string of the molecule is CC(C)=CCNc1nc2ccccc2nc1C. The van der Waals surface area contributed by atoms with E-state index >= 15 is 0 Å². The topological polar surface area (TPSA) is 37.8 Å². The van der Waals surface area contributed by atoms with Gasteiger partial charge >= 0.3 is 0 Å². The summed E-state index contributed by atoms with van der Waals surface area (Å²) in [5, 5.41) is 3.29. The summed E-state index contributed by atoms with van der Waals surface area (Å²) < 4.78 is 0. The Hall–Kier alpha value is -1.90. The van der Waals surface area contributed by atoms with Crippen molar-refractivity contribution in [2.75, 3.05) is 11.9 Å². The van der Waals surface area contributed by atoms with Crippen LogP contribution in [0.15, 0.2) is 35.9 Å². The molecule has 2 rings (SSSR count). The van der Waals surface area contributed by atoms with Crippen LogP contribution in [0.25, 0.3) is 11.0 Å². The van der Waals surface area contributed by atoms with E-state index in [1.807, 2.05) is 31.2 Å². The first-order chi connectivity index (χ1) is 8.16. The van der Waals surface area contributed by atoms with Crippen molar-refractivity contribution < 1.29 is 0 Å². The van der Waals surface area contributed by atoms with Gasteiger partial charge in [0.2, 0.25) is 0 Å². The maximum Gasteiger partial charge on any atom is 0.148 e. The molecule has 0 fully saturated rings. The Morgan fingerprint density at radius 1 is 1.18 bits per heavy atom. The highest BCUT2D eigenvalue weighted by molar-refractivity contribution is 5.76. The van der Waals surface area contributed by atoms with Gasteiger partial charge < -0.3 is 5.32 Å². The first kappa shape index (κ1) is 11.6. The monoisotopic (exact) mass is 227 g/mol. The Morgan fingerprint density at radius 3 is 2.47 bits per heavy atom. The summed E-state index contributed by atoms with van der Waals surface area (Å²) in [5.74, 6) is 0.862. The number of para-hydroxylation sites is 2. The summed E-state index contributed by atoms with van der Waals surface area (Å²) in [6.07, 6.45) is 2.14. The second-order valence-electron chi connectivity index (χ2n) is 4.31. The third-order valence-electron chi connectivity index (χ3n) is 2.52. The number of aromatic nitrogens is 2. The van der Waals surface area contributed by atoms with Crippen LogP contribution >= 0.6 is 0 Å². The zero-order valence-corrected chi connectivity index (χ0v) is 10.5. The molecule has 2 aromatic rings. The van der Waals surface area contributed by atoms with Crippen molar-refractivity contribution in [1.82, 2.24) is 9.97 Å². The van der Waals surface area contributed by atoms with Gasteiger partial charge in [-0.2, -0.15) is 0 Å². The van der Waals surface area contributed by atoms with E-state index in [-0.39, 0.29) is 0 Å². The van der Waals surface area contributed by atoms with Crippen molar-refractivity contribution in [3.8, 4) is 0 Å². The highest BCUT2D eigenvalue weighted by Crippen LogP contribution is 2.15. The summed E-state index contributed by atoms with van der Waals surface area (Å²) in [5.41, 5.74) is 4.10. The van der Waals surface area contributed by atoms with Crippen LogP contribution in [0.2, 0.25) is 0 Å². The molecule has 0 bridgehead atoms. The summed E-state index contributed by atoms with van der Waals surface area (Å²) in [4.78, 5) is 9.10. The Morgan fingerprint density at radius 2 is 1.82 bits per heavy atom. The zero-order chi connectivity index (χ0) is 12.3. The van der Waals surface area contributed by atoms with Gasteiger partial charge in [-0.3, -0.25) is 0 Å². The van der Waals surface area contributed by atoms with Crippen LogP contribution < -0.4 is 5.32 Å². The molecule has 1 heterocycles. The molecule has 0 radical (unpaired) electrons. The average Bonchev–Trinajstić information content (AvgIpc) is 2.29. The molecule has 1 aromatic carbocycles. The largest absolute Gasteiger partial charge is 0.365 e. The number of nitrogens with one attached hydrogen (secondary N) is 1. The quantitative estimate of drug-likeness (QED) is 0.817. The molecule has 1 N–H and O–H groups in total. The molecular formula is C14H17N3. The van der Waals surface area contributed by atoms with Crippen molar-refractivity contribution in [2.24, 2.45) is 0 Å². The molecule has 0 saturated heterocycles. The van der Waals surface area contributed by atoms with E-state index in [4.69, 9.17) is 0 Å². The fourth-order valence-electron chi connectivity index (χ4n) is 1.61. The third kappa shape index (κ3) is 2.81. The number of allylic oxidation sites excluding steroid dienone is 1. The average molecular weight is 227 g/mol. The minimum atomic E-state index is 0.788. The van der Waals surface area contributed by atoms with Gasteiger partial charge in [-0.1, -0.05) is 23.8 Å². The number of anilines is 1. The zero-order valence-electron chi connectivity index (χ0n) is 10.5. The summed E-state index contributed by atoms with van der Waals surface area (Å²) in [6, 6.07) is 7.92. The number of benzene rings is 1. The maximum absolute atomic E-state index is 4.57. The smallest absolute Gasteiger partial charge is 0.148 e. The van der Waals surface area contributed by atoms with Gasteiger partial charge in [-0.05, 0) is 32.9 Å². The van der Waals surface area contributed by atoms with E-state index in [1.165, 1.54) is 5.57 Å². The first-order valence-corrected chi connectivity index (χ1v) is 5.77. The van der Waals surface area contributed by atoms with Crippen molar-refractivity contribution in [2.45, 2.75) is 20.8 Å². The predicted octanol–water partition coefficient (Wildman–Crippen LogP) is 3.32. The van der Waals surface area contributed by atoms with Crippen LogP contribution in [-0.2, 0) is 0 Å². The minimum absolute atomic E-state index is 0.788. The van der Waals surface area contributed by atoms with Gasteiger partial charge in [0.1, 0.15) is 5.82 Å². The molecule has 3 nitrogen and oxygen atoms in total. The molecule has 1 aromatic heterocycles. The van der Waals surface area contributed by atoms with Gasteiger partial charge in [0, 0.05) is 6.54 Å².